The first-order valence-corrected chi connectivity index (χ1v) is 7.84. The number of nitrogens with zero attached hydrogens (tertiary/aromatic N) is 1. The van der Waals surface area contributed by atoms with Gasteiger partial charge in [0.25, 0.3) is 0 Å². The molecule has 0 radical (unpaired) electrons. The van der Waals surface area contributed by atoms with Gasteiger partial charge in [0.05, 0.1) is 13.2 Å². The molecule has 1 rings (SSSR count). The maximum Gasteiger partial charge on any atom is 0.234 e. The van der Waals surface area contributed by atoms with Crippen molar-refractivity contribution >= 4 is 5.91 Å². The molecule has 0 aromatic carbocycles. The number of carbonyl (C=O) groups excluding carboxylic acids is 1. The van der Waals surface area contributed by atoms with Crippen LogP contribution in [0.4, 0.5) is 0 Å². The lowest BCUT2D eigenvalue weighted by Gasteiger charge is -2.35. The Labute approximate surface area is 123 Å². The molecular weight excluding hydrogens is 254 g/mol. The van der Waals surface area contributed by atoms with E-state index in [2.05, 4.69) is 29.4 Å². The van der Waals surface area contributed by atoms with E-state index in [0.717, 1.165) is 19.6 Å². The molecule has 5 nitrogen and oxygen atoms in total. The summed E-state index contributed by atoms with van der Waals surface area (Å²) in [5.74, 6) is 0.780. The van der Waals surface area contributed by atoms with E-state index in [-0.39, 0.29) is 5.91 Å². The predicted molar refractivity (Wildman–Crippen MR) is 81.8 cm³/mol. The van der Waals surface area contributed by atoms with E-state index >= 15 is 0 Å². The first kappa shape index (κ1) is 17.4. The largest absolute Gasteiger partial charge is 0.383 e. The van der Waals surface area contributed by atoms with Gasteiger partial charge in [-0.3, -0.25) is 9.69 Å². The highest BCUT2D eigenvalue weighted by molar-refractivity contribution is 5.78. The fraction of sp³-hybridized carbons (Fsp3) is 0.933. The fourth-order valence-corrected chi connectivity index (χ4v) is 2.57. The minimum absolute atomic E-state index is 0.109. The lowest BCUT2D eigenvalue weighted by Crippen LogP contribution is -2.50. The molecule has 1 aliphatic rings. The number of piperidine rings is 1. The second kappa shape index (κ2) is 10.1. The summed E-state index contributed by atoms with van der Waals surface area (Å²) in [5, 5.41) is 6.42. The summed E-state index contributed by atoms with van der Waals surface area (Å²) >= 11 is 0. The van der Waals surface area contributed by atoms with E-state index < -0.39 is 0 Å². The van der Waals surface area contributed by atoms with Crippen LogP contribution in [0.15, 0.2) is 0 Å². The summed E-state index contributed by atoms with van der Waals surface area (Å²) in [4.78, 5) is 14.2. The predicted octanol–water partition coefficient (Wildman–Crippen LogP) is 0.849. The van der Waals surface area contributed by atoms with Crippen molar-refractivity contribution < 1.29 is 9.53 Å². The smallest absolute Gasteiger partial charge is 0.234 e. The van der Waals surface area contributed by atoms with E-state index in [9.17, 15) is 4.79 Å². The minimum Gasteiger partial charge on any atom is -0.383 e. The van der Waals surface area contributed by atoms with Crippen LogP contribution in [0.2, 0.25) is 0 Å². The maximum absolute atomic E-state index is 11.9. The van der Waals surface area contributed by atoms with Crippen molar-refractivity contribution in [2.45, 2.75) is 39.2 Å². The second-order valence-electron chi connectivity index (χ2n) is 6.01. The van der Waals surface area contributed by atoms with E-state index in [4.69, 9.17) is 4.74 Å². The minimum atomic E-state index is 0.109. The Kier molecular flexibility index (Phi) is 8.82. The number of amides is 1. The van der Waals surface area contributed by atoms with Crippen LogP contribution in [0.1, 0.15) is 33.1 Å². The summed E-state index contributed by atoms with van der Waals surface area (Å²) in [6, 6.07) is 0.496. The molecule has 5 heteroatoms. The SMILES string of the molecule is COCCNC(=O)CN1CCCCC1CNCC(C)C. The highest BCUT2D eigenvalue weighted by atomic mass is 16.5. The van der Waals surface area contributed by atoms with Crippen molar-refractivity contribution in [3.05, 3.63) is 0 Å². The molecule has 0 saturated carbocycles. The number of rotatable bonds is 9. The first-order chi connectivity index (χ1) is 9.63. The van der Waals surface area contributed by atoms with Gasteiger partial charge in [0.2, 0.25) is 5.91 Å². The van der Waals surface area contributed by atoms with Crippen LogP contribution in [-0.2, 0) is 9.53 Å². The third-order valence-electron chi connectivity index (χ3n) is 3.66. The van der Waals surface area contributed by atoms with Gasteiger partial charge in [0, 0.05) is 26.2 Å². The van der Waals surface area contributed by atoms with Crippen LogP contribution in [0.5, 0.6) is 0 Å². The number of ether oxygens (including phenoxy) is 1. The van der Waals surface area contributed by atoms with E-state index in [1.807, 2.05) is 0 Å². The molecule has 1 aliphatic heterocycles. The lowest BCUT2D eigenvalue weighted by molar-refractivity contribution is -0.123. The molecular formula is C15H31N3O2. The zero-order chi connectivity index (χ0) is 14.8. The lowest BCUT2D eigenvalue weighted by atomic mass is 10.0. The van der Waals surface area contributed by atoms with Gasteiger partial charge in [-0.15, -0.1) is 0 Å². The topological polar surface area (TPSA) is 53.6 Å². The zero-order valence-electron chi connectivity index (χ0n) is 13.3. The summed E-state index contributed by atoms with van der Waals surface area (Å²) in [5.41, 5.74) is 0. The summed E-state index contributed by atoms with van der Waals surface area (Å²) in [7, 11) is 1.65. The van der Waals surface area contributed by atoms with Crippen LogP contribution < -0.4 is 10.6 Å². The van der Waals surface area contributed by atoms with Crippen molar-refractivity contribution in [1.29, 1.82) is 0 Å². The number of hydrogen-bond acceptors (Lipinski definition) is 4. The molecule has 0 aliphatic carbocycles. The molecule has 0 aromatic heterocycles. The third kappa shape index (κ3) is 7.22. The molecule has 2 N–H and O–H groups in total. The van der Waals surface area contributed by atoms with Crippen LogP contribution in [0, 0.1) is 5.92 Å². The Bertz CT molecular complexity index is 272. The highest BCUT2D eigenvalue weighted by Crippen LogP contribution is 2.16. The Balaban J connectivity index is 2.29. The van der Waals surface area contributed by atoms with Crippen molar-refractivity contribution in [3.63, 3.8) is 0 Å². The summed E-state index contributed by atoms with van der Waals surface area (Å²) in [6.07, 6.45) is 3.66. The normalized spacial score (nSPS) is 20.3. The van der Waals surface area contributed by atoms with Crippen molar-refractivity contribution in [1.82, 2.24) is 15.5 Å². The van der Waals surface area contributed by atoms with Gasteiger partial charge in [-0.25, -0.2) is 0 Å². The van der Waals surface area contributed by atoms with Gasteiger partial charge in [-0.2, -0.15) is 0 Å². The van der Waals surface area contributed by atoms with Crippen LogP contribution in [0.25, 0.3) is 0 Å². The average Bonchev–Trinajstić information content (AvgIpc) is 2.40. The van der Waals surface area contributed by atoms with Gasteiger partial charge in [0.15, 0.2) is 0 Å². The number of carbonyl (C=O) groups is 1. The molecule has 1 fully saturated rings. The maximum atomic E-state index is 11.9. The molecule has 1 saturated heterocycles. The molecule has 1 atom stereocenters. The standard InChI is InChI=1S/C15H31N3O2/c1-13(2)10-16-11-14-6-4-5-8-18(14)12-15(19)17-7-9-20-3/h13-14,16H,4-12H2,1-3H3,(H,17,19). The fourth-order valence-electron chi connectivity index (χ4n) is 2.57. The molecule has 0 aromatic rings. The number of methoxy groups -OCH3 is 1. The van der Waals surface area contributed by atoms with Gasteiger partial charge in [-0.05, 0) is 31.8 Å². The van der Waals surface area contributed by atoms with Gasteiger partial charge >= 0.3 is 0 Å². The number of hydrogen-bond donors (Lipinski definition) is 2. The monoisotopic (exact) mass is 285 g/mol. The molecule has 118 valence electrons. The quantitative estimate of drug-likeness (QED) is 0.617. The van der Waals surface area contributed by atoms with Crippen molar-refractivity contribution in [3.8, 4) is 0 Å². The second-order valence-corrected chi connectivity index (χ2v) is 6.01. The summed E-state index contributed by atoms with van der Waals surface area (Å²) < 4.78 is 4.94. The van der Waals surface area contributed by atoms with Crippen LogP contribution in [-0.4, -0.2) is 63.3 Å². The van der Waals surface area contributed by atoms with Gasteiger partial charge in [-0.1, -0.05) is 20.3 Å². The summed E-state index contributed by atoms with van der Waals surface area (Å²) in [6.45, 7) is 9.19. The number of likely N-dealkylation sites (tertiary alicyclic amines) is 1. The highest BCUT2D eigenvalue weighted by Gasteiger charge is 2.23. The van der Waals surface area contributed by atoms with E-state index in [1.54, 1.807) is 7.11 Å². The Morgan fingerprint density at radius 2 is 2.20 bits per heavy atom. The van der Waals surface area contributed by atoms with Gasteiger partial charge in [0.1, 0.15) is 0 Å². The molecule has 20 heavy (non-hydrogen) atoms. The van der Waals surface area contributed by atoms with Crippen LogP contribution >= 0.6 is 0 Å². The number of nitrogens with one attached hydrogen (secondary N) is 2. The molecule has 1 heterocycles. The average molecular weight is 285 g/mol. The molecule has 0 bridgehead atoms. The molecule has 0 spiro atoms. The van der Waals surface area contributed by atoms with E-state index in [1.165, 1.54) is 19.3 Å². The van der Waals surface area contributed by atoms with Gasteiger partial charge < -0.3 is 15.4 Å². The molecule has 1 unspecified atom stereocenters. The van der Waals surface area contributed by atoms with Crippen LogP contribution in [0.3, 0.4) is 0 Å². The Morgan fingerprint density at radius 3 is 2.90 bits per heavy atom. The Hall–Kier alpha value is -0.650. The van der Waals surface area contributed by atoms with E-state index in [0.29, 0.717) is 31.7 Å². The van der Waals surface area contributed by atoms with Crippen molar-refractivity contribution in [2.24, 2.45) is 5.92 Å². The third-order valence-corrected chi connectivity index (χ3v) is 3.66. The van der Waals surface area contributed by atoms with Crippen molar-refractivity contribution in [2.75, 3.05) is 46.4 Å². The Morgan fingerprint density at radius 1 is 1.40 bits per heavy atom. The zero-order valence-corrected chi connectivity index (χ0v) is 13.3. The molecule has 1 amide bonds. The first-order valence-electron chi connectivity index (χ1n) is 7.84.